The Morgan fingerprint density at radius 2 is 2.26 bits per heavy atom. The summed E-state index contributed by atoms with van der Waals surface area (Å²) in [6.45, 7) is 4.86. The minimum absolute atomic E-state index is 0.0444. The Balaban J connectivity index is 2.33. The normalized spacial score (nSPS) is 19.2. The van der Waals surface area contributed by atoms with Gasteiger partial charge in [0.1, 0.15) is 6.04 Å². The van der Waals surface area contributed by atoms with Crippen LogP contribution < -0.4 is 16.0 Å². The van der Waals surface area contributed by atoms with Crippen LogP contribution in [0.1, 0.15) is 30.6 Å². The number of nitrogen functional groups attached to an aromatic ring is 1. The molecule has 102 valence electrons. The highest BCUT2D eigenvalue weighted by molar-refractivity contribution is 5.99. The van der Waals surface area contributed by atoms with Crippen LogP contribution in [0.4, 0.5) is 11.4 Å². The van der Waals surface area contributed by atoms with Crippen LogP contribution in [0.2, 0.25) is 0 Å². The lowest BCUT2D eigenvalue weighted by molar-refractivity contribution is -0.123. The van der Waals surface area contributed by atoms with E-state index in [-0.39, 0.29) is 17.7 Å². The maximum atomic E-state index is 11.8. The van der Waals surface area contributed by atoms with Crippen molar-refractivity contribution in [1.29, 1.82) is 0 Å². The van der Waals surface area contributed by atoms with Crippen LogP contribution in [-0.4, -0.2) is 30.8 Å². The third kappa shape index (κ3) is 2.54. The highest BCUT2D eigenvalue weighted by Crippen LogP contribution is 2.25. The van der Waals surface area contributed by atoms with E-state index in [1.807, 2.05) is 17.9 Å². The molecule has 3 N–H and O–H groups in total. The lowest BCUT2D eigenvalue weighted by atomic mass is 10.1. The van der Waals surface area contributed by atoms with Gasteiger partial charge in [0, 0.05) is 30.0 Å². The molecule has 1 aromatic rings. The highest BCUT2D eigenvalue weighted by atomic mass is 16.2. The van der Waals surface area contributed by atoms with E-state index in [2.05, 4.69) is 5.32 Å². The lowest BCUT2D eigenvalue weighted by Gasteiger charge is -2.36. The molecule has 5 nitrogen and oxygen atoms in total. The van der Waals surface area contributed by atoms with E-state index >= 15 is 0 Å². The fourth-order valence-corrected chi connectivity index (χ4v) is 2.48. The Hall–Kier alpha value is -2.04. The standard InChI is InChI=1S/C14H19N3O2/c1-3-13-14(19)16-6-7-17(13)10-4-5-11(9(2)18)12(15)8-10/h4-5,8,13H,3,6-7,15H2,1-2H3,(H,16,19). The van der Waals surface area contributed by atoms with E-state index in [0.29, 0.717) is 17.8 Å². The van der Waals surface area contributed by atoms with E-state index in [4.69, 9.17) is 5.73 Å². The predicted octanol–water partition coefficient (Wildman–Crippen LogP) is 1.19. The third-order valence-corrected chi connectivity index (χ3v) is 3.46. The van der Waals surface area contributed by atoms with Crippen molar-refractivity contribution in [2.24, 2.45) is 0 Å². The number of nitrogens with zero attached hydrogens (tertiary/aromatic N) is 1. The van der Waals surface area contributed by atoms with Gasteiger partial charge in [0.25, 0.3) is 0 Å². The Labute approximate surface area is 112 Å². The summed E-state index contributed by atoms with van der Waals surface area (Å²) >= 11 is 0. The van der Waals surface area contributed by atoms with E-state index in [9.17, 15) is 9.59 Å². The van der Waals surface area contributed by atoms with Gasteiger partial charge in [-0.1, -0.05) is 6.92 Å². The smallest absolute Gasteiger partial charge is 0.242 e. The summed E-state index contributed by atoms with van der Waals surface area (Å²) in [5, 5.41) is 2.86. The van der Waals surface area contributed by atoms with E-state index in [1.165, 1.54) is 6.92 Å². The van der Waals surface area contributed by atoms with Crippen LogP contribution in [0.3, 0.4) is 0 Å². The van der Waals surface area contributed by atoms with E-state index in [1.54, 1.807) is 12.1 Å². The average molecular weight is 261 g/mol. The van der Waals surface area contributed by atoms with Crippen molar-refractivity contribution in [2.45, 2.75) is 26.3 Å². The molecule has 0 saturated carbocycles. The molecule has 1 aliphatic rings. The molecule has 1 amide bonds. The summed E-state index contributed by atoms with van der Waals surface area (Å²) in [6.07, 6.45) is 0.736. The molecule has 1 aliphatic heterocycles. The molecule has 1 fully saturated rings. The number of anilines is 2. The molecular weight excluding hydrogens is 242 g/mol. The Morgan fingerprint density at radius 1 is 1.53 bits per heavy atom. The van der Waals surface area contributed by atoms with Crippen molar-refractivity contribution < 1.29 is 9.59 Å². The molecular formula is C14H19N3O2. The largest absolute Gasteiger partial charge is 0.398 e. The molecule has 1 aromatic carbocycles. The van der Waals surface area contributed by atoms with Crippen molar-refractivity contribution in [1.82, 2.24) is 5.32 Å². The number of Topliss-reactive ketones (excluding diaryl/α,β-unsaturated/α-hetero) is 1. The molecule has 1 heterocycles. The third-order valence-electron chi connectivity index (χ3n) is 3.46. The van der Waals surface area contributed by atoms with Crippen LogP contribution >= 0.6 is 0 Å². The molecule has 1 saturated heterocycles. The number of rotatable bonds is 3. The average Bonchev–Trinajstić information content (AvgIpc) is 2.37. The van der Waals surface area contributed by atoms with E-state index < -0.39 is 0 Å². The molecule has 0 aromatic heterocycles. The maximum absolute atomic E-state index is 11.8. The monoisotopic (exact) mass is 261 g/mol. The molecule has 1 unspecified atom stereocenters. The molecule has 19 heavy (non-hydrogen) atoms. The first-order valence-electron chi connectivity index (χ1n) is 6.49. The van der Waals surface area contributed by atoms with Gasteiger partial charge in [-0.2, -0.15) is 0 Å². The Bertz CT molecular complexity index is 513. The number of carbonyl (C=O) groups excluding carboxylic acids is 2. The second kappa shape index (κ2) is 5.30. The molecule has 0 bridgehead atoms. The summed E-state index contributed by atoms with van der Waals surface area (Å²) in [5.74, 6) is -0.00422. The minimum atomic E-state index is -0.170. The first kappa shape index (κ1) is 13.4. The quantitative estimate of drug-likeness (QED) is 0.633. The molecule has 5 heteroatoms. The second-order valence-electron chi connectivity index (χ2n) is 4.74. The molecule has 0 spiro atoms. The van der Waals surface area contributed by atoms with Crippen molar-refractivity contribution in [3.8, 4) is 0 Å². The number of ketones is 1. The van der Waals surface area contributed by atoms with Gasteiger partial charge in [0.2, 0.25) is 5.91 Å². The van der Waals surface area contributed by atoms with Gasteiger partial charge in [-0.3, -0.25) is 9.59 Å². The summed E-state index contributed by atoms with van der Waals surface area (Å²) < 4.78 is 0. The van der Waals surface area contributed by atoms with Crippen molar-refractivity contribution in [3.63, 3.8) is 0 Å². The number of amides is 1. The van der Waals surface area contributed by atoms with Crippen LogP contribution in [0.25, 0.3) is 0 Å². The zero-order chi connectivity index (χ0) is 14.0. The van der Waals surface area contributed by atoms with Gasteiger partial charge in [-0.05, 0) is 31.5 Å². The van der Waals surface area contributed by atoms with Gasteiger partial charge in [0.15, 0.2) is 5.78 Å². The fourth-order valence-electron chi connectivity index (χ4n) is 2.48. The van der Waals surface area contributed by atoms with Crippen molar-refractivity contribution >= 4 is 23.1 Å². The molecule has 2 rings (SSSR count). The number of nitrogens with two attached hydrogens (primary N) is 1. The van der Waals surface area contributed by atoms with Crippen LogP contribution in [0.15, 0.2) is 18.2 Å². The van der Waals surface area contributed by atoms with Crippen LogP contribution in [0.5, 0.6) is 0 Å². The fraction of sp³-hybridized carbons (Fsp3) is 0.429. The first-order valence-corrected chi connectivity index (χ1v) is 6.49. The van der Waals surface area contributed by atoms with Crippen LogP contribution in [-0.2, 0) is 4.79 Å². The van der Waals surface area contributed by atoms with Gasteiger partial charge in [-0.15, -0.1) is 0 Å². The lowest BCUT2D eigenvalue weighted by Crippen LogP contribution is -2.55. The van der Waals surface area contributed by atoms with Crippen molar-refractivity contribution in [2.75, 3.05) is 23.7 Å². The SMILES string of the molecule is CCC1C(=O)NCCN1c1ccc(C(C)=O)c(N)c1. The number of benzene rings is 1. The summed E-state index contributed by atoms with van der Waals surface area (Å²) in [7, 11) is 0. The zero-order valence-corrected chi connectivity index (χ0v) is 11.3. The summed E-state index contributed by atoms with van der Waals surface area (Å²) in [4.78, 5) is 25.2. The number of hydrogen-bond donors (Lipinski definition) is 2. The Morgan fingerprint density at radius 3 is 2.84 bits per heavy atom. The second-order valence-corrected chi connectivity index (χ2v) is 4.74. The number of carbonyl (C=O) groups is 2. The summed E-state index contributed by atoms with van der Waals surface area (Å²) in [6, 6.07) is 5.19. The number of piperazine rings is 1. The summed E-state index contributed by atoms with van der Waals surface area (Å²) in [5.41, 5.74) is 7.79. The minimum Gasteiger partial charge on any atom is -0.398 e. The van der Waals surface area contributed by atoms with Gasteiger partial charge < -0.3 is 16.0 Å². The predicted molar refractivity (Wildman–Crippen MR) is 75.3 cm³/mol. The van der Waals surface area contributed by atoms with Gasteiger partial charge in [-0.25, -0.2) is 0 Å². The highest BCUT2D eigenvalue weighted by Gasteiger charge is 2.28. The maximum Gasteiger partial charge on any atom is 0.242 e. The number of nitrogens with one attached hydrogen (secondary N) is 1. The molecule has 0 aliphatic carbocycles. The van der Waals surface area contributed by atoms with Gasteiger partial charge in [0.05, 0.1) is 0 Å². The van der Waals surface area contributed by atoms with Crippen molar-refractivity contribution in [3.05, 3.63) is 23.8 Å². The van der Waals surface area contributed by atoms with E-state index in [0.717, 1.165) is 18.7 Å². The first-order chi connectivity index (χ1) is 9.04. The molecule has 1 atom stereocenters. The van der Waals surface area contributed by atoms with Gasteiger partial charge >= 0.3 is 0 Å². The van der Waals surface area contributed by atoms with Crippen LogP contribution in [0, 0.1) is 0 Å². The number of hydrogen-bond acceptors (Lipinski definition) is 4. The molecule has 0 radical (unpaired) electrons. The Kier molecular flexibility index (Phi) is 3.74. The zero-order valence-electron chi connectivity index (χ0n) is 11.3. The topological polar surface area (TPSA) is 75.4 Å².